The van der Waals surface area contributed by atoms with Gasteiger partial charge in [-0.2, -0.15) is 0 Å². The third-order valence-electron chi connectivity index (χ3n) is 7.56. The van der Waals surface area contributed by atoms with E-state index in [-0.39, 0.29) is 0 Å². The number of benzene rings is 7. The van der Waals surface area contributed by atoms with Crippen LogP contribution >= 0.6 is 0 Å². The number of hydrogen-bond donors (Lipinski definition) is 0. The standard InChI is InChI=1S/C35H22N2/c1-2-12-23(13-3-1)35-36-31-20-10-11-21-32(31)37(35)33-22-30-26-16-5-4-14-24(26)25-15-6-8-18-28(25)34(30)29-19-9-7-17-27(29)33/h1-22H. The van der Waals surface area contributed by atoms with E-state index < -0.39 is 0 Å². The van der Waals surface area contributed by atoms with Gasteiger partial charge in [-0.1, -0.05) is 115 Å². The van der Waals surface area contributed by atoms with Crippen molar-refractivity contribution in [3.63, 3.8) is 0 Å². The molecule has 2 nitrogen and oxygen atoms in total. The molecule has 0 unspecified atom stereocenters. The summed E-state index contributed by atoms with van der Waals surface area (Å²) in [6.07, 6.45) is 0. The fraction of sp³-hybridized carbons (Fsp3) is 0. The molecular weight excluding hydrogens is 448 g/mol. The van der Waals surface area contributed by atoms with Crippen LogP contribution in [-0.2, 0) is 0 Å². The van der Waals surface area contributed by atoms with Crippen molar-refractivity contribution < 1.29 is 0 Å². The van der Waals surface area contributed by atoms with Gasteiger partial charge in [-0.3, -0.25) is 4.57 Å². The second-order valence-electron chi connectivity index (χ2n) is 9.58. The van der Waals surface area contributed by atoms with Crippen molar-refractivity contribution in [2.45, 2.75) is 0 Å². The lowest BCUT2D eigenvalue weighted by molar-refractivity contribution is 1.12. The number of para-hydroxylation sites is 2. The topological polar surface area (TPSA) is 17.8 Å². The fourth-order valence-electron chi connectivity index (χ4n) is 5.98. The van der Waals surface area contributed by atoms with Crippen LogP contribution in [-0.4, -0.2) is 9.55 Å². The van der Waals surface area contributed by atoms with Gasteiger partial charge >= 0.3 is 0 Å². The van der Waals surface area contributed by atoms with Crippen LogP contribution < -0.4 is 0 Å². The van der Waals surface area contributed by atoms with E-state index >= 15 is 0 Å². The first-order valence-electron chi connectivity index (χ1n) is 12.7. The average molecular weight is 471 g/mol. The van der Waals surface area contributed by atoms with Crippen molar-refractivity contribution >= 4 is 54.1 Å². The Morgan fingerprint density at radius 2 is 0.946 bits per heavy atom. The molecule has 0 radical (unpaired) electrons. The molecule has 0 saturated carbocycles. The van der Waals surface area contributed by atoms with Crippen molar-refractivity contribution in [2.75, 3.05) is 0 Å². The normalized spacial score (nSPS) is 11.8. The third kappa shape index (κ3) is 2.90. The van der Waals surface area contributed by atoms with Crippen LogP contribution in [0.2, 0.25) is 0 Å². The molecule has 1 aromatic heterocycles. The van der Waals surface area contributed by atoms with Gasteiger partial charge in [0.05, 0.1) is 16.7 Å². The molecule has 0 aliphatic rings. The smallest absolute Gasteiger partial charge is 0.145 e. The Hall–Kier alpha value is -4.95. The van der Waals surface area contributed by atoms with Gasteiger partial charge in [-0.05, 0) is 55.9 Å². The van der Waals surface area contributed by atoms with Crippen LogP contribution in [0, 0.1) is 0 Å². The van der Waals surface area contributed by atoms with Crippen molar-refractivity contribution in [1.29, 1.82) is 0 Å². The summed E-state index contributed by atoms with van der Waals surface area (Å²) >= 11 is 0. The summed E-state index contributed by atoms with van der Waals surface area (Å²) in [5.74, 6) is 0.955. The van der Waals surface area contributed by atoms with Gasteiger partial charge in [0.25, 0.3) is 0 Å². The molecule has 7 aromatic carbocycles. The molecule has 8 rings (SSSR count). The SMILES string of the molecule is c1ccc(-c2nc3ccccc3n2-c2cc3c4ccccc4c4ccccc4c3c3ccccc23)cc1. The van der Waals surface area contributed by atoms with Gasteiger partial charge in [0.2, 0.25) is 0 Å². The van der Waals surface area contributed by atoms with Gasteiger partial charge in [-0.15, -0.1) is 0 Å². The van der Waals surface area contributed by atoms with Crippen molar-refractivity contribution in [1.82, 2.24) is 9.55 Å². The minimum atomic E-state index is 0.955. The number of imidazole rings is 1. The van der Waals surface area contributed by atoms with E-state index in [4.69, 9.17) is 4.98 Å². The van der Waals surface area contributed by atoms with E-state index in [9.17, 15) is 0 Å². The Kier molecular flexibility index (Phi) is 4.26. The van der Waals surface area contributed by atoms with Crippen LogP contribution in [0.5, 0.6) is 0 Å². The minimum absolute atomic E-state index is 0.955. The summed E-state index contributed by atoms with van der Waals surface area (Å²) in [6.45, 7) is 0. The van der Waals surface area contributed by atoms with Crippen molar-refractivity contribution in [2.24, 2.45) is 0 Å². The van der Waals surface area contributed by atoms with Crippen molar-refractivity contribution in [3.8, 4) is 17.1 Å². The maximum absolute atomic E-state index is 5.12. The Bertz CT molecular complexity index is 2140. The highest BCUT2D eigenvalue weighted by Gasteiger charge is 2.19. The minimum Gasteiger partial charge on any atom is -0.292 e. The summed E-state index contributed by atoms with van der Waals surface area (Å²) < 4.78 is 2.34. The van der Waals surface area contributed by atoms with E-state index in [0.29, 0.717) is 0 Å². The average Bonchev–Trinajstić information content (AvgIpc) is 3.36. The molecule has 0 fully saturated rings. The maximum atomic E-state index is 5.12. The fourth-order valence-corrected chi connectivity index (χ4v) is 5.98. The molecule has 37 heavy (non-hydrogen) atoms. The van der Waals surface area contributed by atoms with Crippen LogP contribution in [0.15, 0.2) is 133 Å². The number of hydrogen-bond acceptors (Lipinski definition) is 1. The lowest BCUT2D eigenvalue weighted by Gasteiger charge is -2.18. The van der Waals surface area contributed by atoms with E-state index in [1.807, 2.05) is 0 Å². The second kappa shape index (κ2) is 7.78. The molecule has 0 N–H and O–H groups in total. The molecule has 8 aromatic rings. The third-order valence-corrected chi connectivity index (χ3v) is 7.56. The molecule has 0 saturated heterocycles. The number of fused-ring (bicyclic) bond motifs is 9. The highest BCUT2D eigenvalue weighted by Crippen LogP contribution is 2.42. The van der Waals surface area contributed by atoms with Gasteiger partial charge in [-0.25, -0.2) is 4.98 Å². The summed E-state index contributed by atoms with van der Waals surface area (Å²) in [6, 6.07) is 47.7. The van der Waals surface area contributed by atoms with Gasteiger partial charge in [0, 0.05) is 10.9 Å². The monoisotopic (exact) mass is 470 g/mol. The molecule has 0 amide bonds. The van der Waals surface area contributed by atoms with Gasteiger partial charge in [0.15, 0.2) is 0 Å². The zero-order valence-corrected chi connectivity index (χ0v) is 20.1. The quantitative estimate of drug-likeness (QED) is 0.230. The second-order valence-corrected chi connectivity index (χ2v) is 9.58. The van der Waals surface area contributed by atoms with Crippen LogP contribution in [0.1, 0.15) is 0 Å². The lowest BCUT2D eigenvalue weighted by atomic mass is 9.90. The first-order valence-corrected chi connectivity index (χ1v) is 12.7. The van der Waals surface area contributed by atoms with E-state index in [1.54, 1.807) is 0 Å². The Balaban J connectivity index is 1.62. The molecule has 0 spiro atoms. The van der Waals surface area contributed by atoms with Crippen LogP contribution in [0.25, 0.3) is 71.2 Å². The highest BCUT2D eigenvalue weighted by atomic mass is 15.1. The molecular formula is C35H22N2. The molecule has 0 aliphatic heterocycles. The van der Waals surface area contributed by atoms with E-state index in [2.05, 4.69) is 138 Å². The predicted molar refractivity (Wildman–Crippen MR) is 157 cm³/mol. The summed E-state index contributed by atoms with van der Waals surface area (Å²) in [7, 11) is 0. The Labute approximate surface area is 214 Å². The number of aromatic nitrogens is 2. The number of nitrogens with zero attached hydrogens (tertiary/aromatic N) is 2. The maximum Gasteiger partial charge on any atom is 0.145 e. The lowest BCUT2D eigenvalue weighted by Crippen LogP contribution is -2.00. The van der Waals surface area contributed by atoms with Crippen LogP contribution in [0.4, 0.5) is 0 Å². The Morgan fingerprint density at radius 1 is 0.432 bits per heavy atom. The molecule has 172 valence electrons. The molecule has 0 bridgehead atoms. The summed E-state index contributed by atoms with van der Waals surface area (Å²) in [5, 5.41) is 10.2. The number of rotatable bonds is 2. The van der Waals surface area contributed by atoms with E-state index in [1.165, 1.54) is 43.1 Å². The van der Waals surface area contributed by atoms with Gasteiger partial charge < -0.3 is 0 Å². The zero-order valence-electron chi connectivity index (χ0n) is 20.1. The van der Waals surface area contributed by atoms with E-state index in [0.717, 1.165) is 28.1 Å². The molecule has 1 heterocycles. The summed E-state index contributed by atoms with van der Waals surface area (Å²) in [5.41, 5.74) is 4.35. The Morgan fingerprint density at radius 3 is 1.68 bits per heavy atom. The summed E-state index contributed by atoms with van der Waals surface area (Å²) in [4.78, 5) is 5.12. The largest absolute Gasteiger partial charge is 0.292 e. The first-order chi connectivity index (χ1) is 18.4. The predicted octanol–water partition coefficient (Wildman–Crippen LogP) is 9.31. The molecule has 0 atom stereocenters. The highest BCUT2D eigenvalue weighted by molar-refractivity contribution is 6.32. The van der Waals surface area contributed by atoms with Gasteiger partial charge in [0.1, 0.15) is 5.82 Å². The van der Waals surface area contributed by atoms with Crippen LogP contribution in [0.3, 0.4) is 0 Å². The zero-order chi connectivity index (χ0) is 24.3. The van der Waals surface area contributed by atoms with Crippen molar-refractivity contribution in [3.05, 3.63) is 133 Å². The molecule has 0 aliphatic carbocycles. The molecule has 2 heteroatoms. The first kappa shape index (κ1) is 20.3.